The van der Waals surface area contributed by atoms with Crippen molar-refractivity contribution in [3.05, 3.63) is 52.8 Å². The number of fused-ring (bicyclic) bond motifs is 1. The molecule has 0 spiro atoms. The fraction of sp³-hybridized carbons (Fsp3) is 0. The zero-order valence-corrected chi connectivity index (χ0v) is 10.3. The Bertz CT molecular complexity index is 668. The lowest BCUT2D eigenvalue weighted by molar-refractivity contribution is 1.33. The number of nitrogens with zero attached hydrogens (tertiary/aromatic N) is 1. The number of hydrogen-bond donors (Lipinski definition) is 1. The maximum atomic E-state index is 5.99. The molecule has 0 bridgehead atoms. The quantitative estimate of drug-likeness (QED) is 0.641. The van der Waals surface area contributed by atoms with Gasteiger partial charge in [-0.05, 0) is 24.3 Å². The van der Waals surface area contributed by atoms with E-state index in [0.29, 0.717) is 10.2 Å². The van der Waals surface area contributed by atoms with E-state index in [4.69, 9.17) is 23.2 Å². The molecular weight excluding hydrogens is 255 g/mol. The first kappa shape index (κ1) is 10.6. The van der Waals surface area contributed by atoms with Gasteiger partial charge < -0.3 is 4.98 Å². The molecule has 2 nitrogen and oxygen atoms in total. The van der Waals surface area contributed by atoms with E-state index >= 15 is 0 Å². The molecule has 0 saturated carbocycles. The average molecular weight is 263 g/mol. The Morgan fingerprint density at radius 3 is 2.76 bits per heavy atom. The van der Waals surface area contributed by atoms with E-state index < -0.39 is 0 Å². The Morgan fingerprint density at radius 2 is 1.94 bits per heavy atom. The minimum atomic E-state index is 0.403. The maximum Gasteiger partial charge on any atom is 0.131 e. The van der Waals surface area contributed by atoms with Crippen molar-refractivity contribution in [2.45, 2.75) is 0 Å². The van der Waals surface area contributed by atoms with E-state index in [0.717, 1.165) is 22.2 Å². The topological polar surface area (TPSA) is 28.7 Å². The Morgan fingerprint density at radius 1 is 1.06 bits per heavy atom. The number of nitrogens with one attached hydrogen (secondary N) is 1. The van der Waals surface area contributed by atoms with E-state index in [1.54, 1.807) is 6.07 Å². The van der Waals surface area contributed by atoms with Crippen LogP contribution in [-0.4, -0.2) is 9.97 Å². The zero-order chi connectivity index (χ0) is 11.8. The second-order valence-electron chi connectivity index (χ2n) is 3.74. The predicted octanol–water partition coefficient (Wildman–Crippen LogP) is 4.54. The molecule has 2 heterocycles. The van der Waals surface area contributed by atoms with Crippen molar-refractivity contribution in [1.29, 1.82) is 0 Å². The van der Waals surface area contributed by atoms with Crippen LogP contribution in [0.2, 0.25) is 10.2 Å². The van der Waals surface area contributed by atoms with Crippen LogP contribution in [0.25, 0.3) is 22.2 Å². The lowest BCUT2D eigenvalue weighted by Gasteiger charge is -2.04. The monoisotopic (exact) mass is 262 g/mol. The summed E-state index contributed by atoms with van der Waals surface area (Å²) in [5.41, 5.74) is 2.88. The first-order valence-corrected chi connectivity index (χ1v) is 5.89. The summed E-state index contributed by atoms with van der Waals surface area (Å²) in [5, 5.41) is 2.10. The molecule has 0 aliphatic carbocycles. The molecule has 0 radical (unpaired) electrons. The van der Waals surface area contributed by atoms with E-state index in [1.165, 1.54) is 0 Å². The van der Waals surface area contributed by atoms with Gasteiger partial charge in [-0.3, -0.25) is 0 Å². The molecule has 0 aliphatic rings. The SMILES string of the molecule is Clc1cc(Cl)nc(-c2cccc3[nH]ccc23)c1. The number of rotatable bonds is 1. The lowest BCUT2D eigenvalue weighted by Crippen LogP contribution is -1.85. The van der Waals surface area contributed by atoms with Gasteiger partial charge in [0, 0.05) is 27.7 Å². The Kier molecular flexibility index (Phi) is 2.54. The number of pyridine rings is 1. The van der Waals surface area contributed by atoms with Crippen molar-refractivity contribution in [2.75, 3.05) is 0 Å². The van der Waals surface area contributed by atoms with Crippen molar-refractivity contribution in [3.8, 4) is 11.3 Å². The number of aromatic amines is 1. The summed E-state index contributed by atoms with van der Waals surface area (Å²) < 4.78 is 0. The summed E-state index contributed by atoms with van der Waals surface area (Å²) in [6.45, 7) is 0. The molecule has 0 fully saturated rings. The van der Waals surface area contributed by atoms with Gasteiger partial charge >= 0.3 is 0 Å². The molecule has 1 N–H and O–H groups in total. The van der Waals surface area contributed by atoms with Crippen molar-refractivity contribution in [1.82, 2.24) is 9.97 Å². The third-order valence-electron chi connectivity index (χ3n) is 2.63. The summed E-state index contributed by atoms with van der Waals surface area (Å²) in [5.74, 6) is 0. The summed E-state index contributed by atoms with van der Waals surface area (Å²) >= 11 is 11.9. The highest BCUT2D eigenvalue weighted by Gasteiger charge is 2.07. The largest absolute Gasteiger partial charge is 0.361 e. The van der Waals surface area contributed by atoms with E-state index in [2.05, 4.69) is 9.97 Å². The van der Waals surface area contributed by atoms with Crippen LogP contribution in [0.15, 0.2) is 42.6 Å². The Balaban J connectivity index is 2.30. The summed E-state index contributed by atoms with van der Waals surface area (Å²) in [6.07, 6.45) is 1.90. The molecule has 0 unspecified atom stereocenters. The lowest BCUT2D eigenvalue weighted by atomic mass is 10.1. The van der Waals surface area contributed by atoms with Crippen LogP contribution in [0.3, 0.4) is 0 Å². The van der Waals surface area contributed by atoms with Gasteiger partial charge in [0.1, 0.15) is 5.15 Å². The first-order valence-electron chi connectivity index (χ1n) is 5.13. The number of halogens is 2. The molecule has 0 amide bonds. The van der Waals surface area contributed by atoms with E-state index in [9.17, 15) is 0 Å². The van der Waals surface area contributed by atoms with Crippen molar-refractivity contribution >= 4 is 34.1 Å². The van der Waals surface area contributed by atoms with Gasteiger partial charge in [0.2, 0.25) is 0 Å². The standard InChI is InChI=1S/C13H8Cl2N2/c14-8-6-12(17-13(15)7-8)9-2-1-3-11-10(9)4-5-16-11/h1-7,16H. The molecule has 2 aromatic heterocycles. The molecule has 84 valence electrons. The van der Waals surface area contributed by atoms with Crippen LogP contribution in [-0.2, 0) is 0 Å². The summed E-state index contributed by atoms with van der Waals surface area (Å²) in [4.78, 5) is 7.47. The average Bonchev–Trinajstić information content (AvgIpc) is 2.75. The second-order valence-corrected chi connectivity index (χ2v) is 4.56. The smallest absolute Gasteiger partial charge is 0.131 e. The van der Waals surface area contributed by atoms with E-state index in [-0.39, 0.29) is 0 Å². The Labute approximate surface area is 108 Å². The van der Waals surface area contributed by atoms with Gasteiger partial charge in [-0.1, -0.05) is 35.3 Å². The molecule has 0 saturated heterocycles. The summed E-state index contributed by atoms with van der Waals surface area (Å²) in [7, 11) is 0. The van der Waals surface area contributed by atoms with Crippen LogP contribution < -0.4 is 0 Å². The van der Waals surface area contributed by atoms with Crippen LogP contribution in [0.5, 0.6) is 0 Å². The minimum Gasteiger partial charge on any atom is -0.361 e. The third-order valence-corrected chi connectivity index (χ3v) is 3.04. The molecule has 0 atom stereocenters. The molecule has 4 heteroatoms. The fourth-order valence-electron chi connectivity index (χ4n) is 1.91. The van der Waals surface area contributed by atoms with Crippen molar-refractivity contribution in [2.24, 2.45) is 0 Å². The van der Waals surface area contributed by atoms with Crippen LogP contribution in [0.4, 0.5) is 0 Å². The number of H-pyrrole nitrogens is 1. The van der Waals surface area contributed by atoms with Crippen LogP contribution in [0.1, 0.15) is 0 Å². The molecular formula is C13H8Cl2N2. The van der Waals surface area contributed by atoms with Crippen molar-refractivity contribution in [3.63, 3.8) is 0 Å². The molecule has 3 rings (SSSR count). The van der Waals surface area contributed by atoms with Gasteiger partial charge in [-0.2, -0.15) is 0 Å². The van der Waals surface area contributed by atoms with E-state index in [1.807, 2.05) is 36.5 Å². The number of aromatic nitrogens is 2. The predicted molar refractivity (Wildman–Crippen MR) is 71.5 cm³/mol. The van der Waals surface area contributed by atoms with Crippen LogP contribution >= 0.6 is 23.2 Å². The first-order chi connectivity index (χ1) is 8.24. The van der Waals surface area contributed by atoms with Gasteiger partial charge in [0.25, 0.3) is 0 Å². The third kappa shape index (κ3) is 1.90. The van der Waals surface area contributed by atoms with Gasteiger partial charge in [0.05, 0.1) is 5.69 Å². The zero-order valence-electron chi connectivity index (χ0n) is 8.74. The normalized spacial score (nSPS) is 10.9. The number of hydrogen-bond acceptors (Lipinski definition) is 1. The van der Waals surface area contributed by atoms with Gasteiger partial charge in [-0.15, -0.1) is 0 Å². The molecule has 17 heavy (non-hydrogen) atoms. The fourth-order valence-corrected chi connectivity index (χ4v) is 2.38. The minimum absolute atomic E-state index is 0.403. The summed E-state index contributed by atoms with van der Waals surface area (Å²) in [6, 6.07) is 11.5. The van der Waals surface area contributed by atoms with Crippen molar-refractivity contribution < 1.29 is 0 Å². The highest BCUT2D eigenvalue weighted by atomic mass is 35.5. The van der Waals surface area contributed by atoms with Gasteiger partial charge in [-0.25, -0.2) is 4.98 Å². The molecule has 3 aromatic rings. The highest BCUT2D eigenvalue weighted by Crippen LogP contribution is 2.29. The molecule has 1 aromatic carbocycles. The maximum absolute atomic E-state index is 5.99. The van der Waals surface area contributed by atoms with Gasteiger partial charge in [0.15, 0.2) is 0 Å². The number of benzene rings is 1. The second kappa shape index (κ2) is 4.06. The van der Waals surface area contributed by atoms with Crippen LogP contribution in [0, 0.1) is 0 Å². The Hall–Kier alpha value is -1.51. The highest BCUT2D eigenvalue weighted by molar-refractivity contribution is 6.34. The molecule has 0 aliphatic heterocycles.